The van der Waals surface area contributed by atoms with Crippen molar-refractivity contribution in [3.05, 3.63) is 42.0 Å². The molecule has 2 aromatic carbocycles. The minimum atomic E-state index is -3.60. The fraction of sp³-hybridized carbons (Fsp3) is 0.278. The summed E-state index contributed by atoms with van der Waals surface area (Å²) in [6.07, 6.45) is 0. The zero-order chi connectivity index (χ0) is 19.6. The van der Waals surface area contributed by atoms with Gasteiger partial charge in [-0.05, 0) is 30.3 Å². The number of hydrogen-bond acceptors (Lipinski definition) is 6. The van der Waals surface area contributed by atoms with Gasteiger partial charge < -0.3 is 19.5 Å². The zero-order valence-electron chi connectivity index (χ0n) is 15.2. The number of rotatable bonds is 5. The number of methoxy groups -OCH3 is 1. The smallest absolute Gasteiger partial charge is 0.255 e. The molecule has 1 aliphatic heterocycles. The van der Waals surface area contributed by atoms with Crippen molar-refractivity contribution < 1.29 is 27.4 Å². The molecular formula is C18H20N2O6S. The SMILES string of the molecule is COc1cc(C(=O)Nc2cccc(S(=O)(=O)N(C)C)c2)cc2c1OCCO2. The van der Waals surface area contributed by atoms with Crippen molar-refractivity contribution in [1.29, 1.82) is 0 Å². The summed E-state index contributed by atoms with van der Waals surface area (Å²) in [5.74, 6) is 0.847. The highest BCUT2D eigenvalue weighted by atomic mass is 32.2. The number of nitrogens with zero attached hydrogens (tertiary/aromatic N) is 1. The highest BCUT2D eigenvalue weighted by Gasteiger charge is 2.22. The van der Waals surface area contributed by atoms with Gasteiger partial charge >= 0.3 is 0 Å². The Morgan fingerprint density at radius 3 is 2.59 bits per heavy atom. The Balaban J connectivity index is 1.88. The molecule has 0 fully saturated rings. The summed E-state index contributed by atoms with van der Waals surface area (Å²) in [4.78, 5) is 12.7. The second-order valence-electron chi connectivity index (χ2n) is 5.97. The molecule has 0 saturated carbocycles. The van der Waals surface area contributed by atoms with Crippen molar-refractivity contribution in [1.82, 2.24) is 4.31 Å². The first-order valence-corrected chi connectivity index (χ1v) is 9.58. The van der Waals surface area contributed by atoms with Crippen LogP contribution in [-0.4, -0.2) is 53.0 Å². The Labute approximate surface area is 157 Å². The van der Waals surface area contributed by atoms with E-state index in [-0.39, 0.29) is 4.90 Å². The molecule has 0 spiro atoms. The van der Waals surface area contributed by atoms with Crippen LogP contribution in [0, 0.1) is 0 Å². The lowest BCUT2D eigenvalue weighted by molar-refractivity contribution is 0.102. The summed E-state index contributed by atoms with van der Waals surface area (Å²) in [5, 5.41) is 2.69. The molecule has 2 aromatic rings. The Kier molecular flexibility index (Phi) is 5.24. The molecule has 144 valence electrons. The first kappa shape index (κ1) is 19.0. The molecular weight excluding hydrogens is 372 g/mol. The van der Waals surface area contributed by atoms with Gasteiger partial charge in [-0.25, -0.2) is 12.7 Å². The second-order valence-corrected chi connectivity index (χ2v) is 8.12. The quantitative estimate of drug-likeness (QED) is 0.836. The number of carbonyl (C=O) groups excluding carboxylic acids is 1. The van der Waals surface area contributed by atoms with Crippen LogP contribution in [0.2, 0.25) is 0 Å². The Morgan fingerprint density at radius 1 is 1.15 bits per heavy atom. The summed E-state index contributed by atoms with van der Waals surface area (Å²) in [6.45, 7) is 0.785. The van der Waals surface area contributed by atoms with E-state index in [0.29, 0.717) is 41.7 Å². The predicted octanol–water partition coefficient (Wildman–Crippen LogP) is 1.97. The van der Waals surface area contributed by atoms with Crippen LogP contribution in [0.15, 0.2) is 41.3 Å². The molecule has 27 heavy (non-hydrogen) atoms. The standard InChI is InChI=1S/C18H20N2O6S/c1-20(2)27(22,23)14-6-4-5-13(11-14)19-18(21)12-9-15(24-3)17-16(10-12)25-7-8-26-17/h4-6,9-11H,7-8H2,1-3H3,(H,19,21). The molecule has 0 unspecified atom stereocenters. The minimum absolute atomic E-state index is 0.0880. The van der Waals surface area contributed by atoms with Crippen LogP contribution < -0.4 is 19.5 Å². The van der Waals surface area contributed by atoms with E-state index in [1.165, 1.54) is 33.3 Å². The van der Waals surface area contributed by atoms with Gasteiger partial charge in [0, 0.05) is 25.3 Å². The summed E-state index contributed by atoms with van der Waals surface area (Å²) in [7, 11) is 0.773. The van der Waals surface area contributed by atoms with Gasteiger partial charge in [0.1, 0.15) is 13.2 Å². The molecule has 0 saturated heterocycles. The van der Waals surface area contributed by atoms with Gasteiger partial charge in [-0.15, -0.1) is 0 Å². The Hall–Kier alpha value is -2.78. The third-order valence-corrected chi connectivity index (χ3v) is 5.77. The lowest BCUT2D eigenvalue weighted by atomic mass is 10.1. The minimum Gasteiger partial charge on any atom is -0.493 e. The van der Waals surface area contributed by atoms with Crippen LogP contribution in [0.1, 0.15) is 10.4 Å². The molecule has 1 N–H and O–H groups in total. The van der Waals surface area contributed by atoms with E-state index < -0.39 is 15.9 Å². The molecule has 1 heterocycles. The van der Waals surface area contributed by atoms with E-state index in [9.17, 15) is 13.2 Å². The zero-order valence-corrected chi connectivity index (χ0v) is 16.0. The molecule has 0 aliphatic carbocycles. The lowest BCUT2D eigenvalue weighted by Gasteiger charge is -2.21. The largest absolute Gasteiger partial charge is 0.493 e. The van der Waals surface area contributed by atoms with Crippen molar-refractivity contribution in [2.75, 3.05) is 39.7 Å². The van der Waals surface area contributed by atoms with E-state index >= 15 is 0 Å². The summed E-state index contributed by atoms with van der Waals surface area (Å²) >= 11 is 0. The van der Waals surface area contributed by atoms with E-state index in [0.717, 1.165) is 4.31 Å². The molecule has 0 atom stereocenters. The number of anilines is 1. The predicted molar refractivity (Wildman–Crippen MR) is 99.3 cm³/mol. The first-order valence-electron chi connectivity index (χ1n) is 8.14. The summed E-state index contributed by atoms with van der Waals surface area (Å²) < 4.78 is 41.9. The van der Waals surface area contributed by atoms with Crippen molar-refractivity contribution in [2.45, 2.75) is 4.90 Å². The van der Waals surface area contributed by atoms with Crippen molar-refractivity contribution in [2.24, 2.45) is 0 Å². The molecule has 0 bridgehead atoms. The van der Waals surface area contributed by atoms with Crippen LogP contribution in [-0.2, 0) is 10.0 Å². The maximum Gasteiger partial charge on any atom is 0.255 e. The van der Waals surface area contributed by atoms with Gasteiger partial charge in [0.15, 0.2) is 11.5 Å². The van der Waals surface area contributed by atoms with Gasteiger partial charge in [-0.3, -0.25) is 4.79 Å². The number of ether oxygens (including phenoxy) is 3. The number of hydrogen-bond donors (Lipinski definition) is 1. The Bertz CT molecular complexity index is 955. The number of benzene rings is 2. The monoisotopic (exact) mass is 392 g/mol. The maximum atomic E-state index is 12.6. The highest BCUT2D eigenvalue weighted by Crippen LogP contribution is 2.40. The molecule has 3 rings (SSSR count). The third-order valence-electron chi connectivity index (χ3n) is 3.96. The van der Waals surface area contributed by atoms with Crippen LogP contribution in [0.25, 0.3) is 0 Å². The average molecular weight is 392 g/mol. The second kappa shape index (κ2) is 7.45. The Morgan fingerprint density at radius 2 is 1.89 bits per heavy atom. The molecule has 1 aliphatic rings. The number of nitrogens with one attached hydrogen (secondary N) is 1. The van der Waals surface area contributed by atoms with E-state index in [4.69, 9.17) is 14.2 Å². The van der Waals surface area contributed by atoms with Crippen molar-refractivity contribution >= 4 is 21.6 Å². The molecule has 0 aromatic heterocycles. The molecule has 1 amide bonds. The van der Waals surface area contributed by atoms with Gasteiger partial charge in [0.25, 0.3) is 5.91 Å². The lowest BCUT2D eigenvalue weighted by Crippen LogP contribution is -2.22. The fourth-order valence-electron chi connectivity index (χ4n) is 2.55. The van der Waals surface area contributed by atoms with Gasteiger partial charge in [-0.2, -0.15) is 0 Å². The first-order chi connectivity index (χ1) is 12.8. The number of sulfonamides is 1. The number of amides is 1. The van der Waals surface area contributed by atoms with Gasteiger partial charge in [0.2, 0.25) is 15.8 Å². The van der Waals surface area contributed by atoms with Gasteiger partial charge in [0.05, 0.1) is 12.0 Å². The fourth-order valence-corrected chi connectivity index (χ4v) is 3.50. The highest BCUT2D eigenvalue weighted by molar-refractivity contribution is 7.89. The maximum absolute atomic E-state index is 12.6. The van der Waals surface area contributed by atoms with E-state index in [1.807, 2.05) is 0 Å². The van der Waals surface area contributed by atoms with Crippen molar-refractivity contribution in [3.63, 3.8) is 0 Å². The van der Waals surface area contributed by atoms with Crippen LogP contribution in [0.4, 0.5) is 5.69 Å². The van der Waals surface area contributed by atoms with Crippen LogP contribution in [0.5, 0.6) is 17.2 Å². The van der Waals surface area contributed by atoms with Crippen LogP contribution >= 0.6 is 0 Å². The van der Waals surface area contributed by atoms with Crippen molar-refractivity contribution in [3.8, 4) is 17.2 Å². The normalized spacial score (nSPS) is 13.3. The van der Waals surface area contributed by atoms with Gasteiger partial charge in [-0.1, -0.05) is 6.07 Å². The molecule has 8 nitrogen and oxygen atoms in total. The summed E-state index contributed by atoms with van der Waals surface area (Å²) in [6, 6.07) is 9.16. The molecule has 0 radical (unpaired) electrons. The average Bonchev–Trinajstić information content (AvgIpc) is 2.67. The molecule has 9 heteroatoms. The van der Waals surface area contributed by atoms with Crippen LogP contribution in [0.3, 0.4) is 0 Å². The van der Waals surface area contributed by atoms with E-state index in [1.54, 1.807) is 24.3 Å². The third kappa shape index (κ3) is 3.83. The summed E-state index contributed by atoms with van der Waals surface area (Å²) in [5.41, 5.74) is 0.661. The topological polar surface area (TPSA) is 94.2 Å². The van der Waals surface area contributed by atoms with E-state index in [2.05, 4.69) is 5.32 Å². The number of fused-ring (bicyclic) bond motifs is 1. The number of carbonyl (C=O) groups is 1.